The van der Waals surface area contributed by atoms with Crippen LogP contribution in [0, 0.1) is 26.7 Å². The van der Waals surface area contributed by atoms with Gasteiger partial charge in [-0.15, -0.1) is 0 Å². The molecule has 7 rings (SSSR count). The Kier molecular flexibility index (Phi) is 7.35. The van der Waals surface area contributed by atoms with E-state index in [4.69, 9.17) is 14.8 Å². The predicted molar refractivity (Wildman–Crippen MR) is 185 cm³/mol. The normalized spacial score (nSPS) is 16.9. The molecule has 0 bridgehead atoms. The summed E-state index contributed by atoms with van der Waals surface area (Å²) in [4.78, 5) is 4.74. The van der Waals surface area contributed by atoms with E-state index in [2.05, 4.69) is 131 Å². The molecule has 5 nitrogen and oxygen atoms in total. The second-order valence-corrected chi connectivity index (χ2v) is 13.2. The first-order chi connectivity index (χ1) is 21.7. The van der Waals surface area contributed by atoms with E-state index in [1.807, 2.05) is 12.3 Å². The molecule has 6 aromatic rings. The maximum atomic E-state index is 6.69. The van der Waals surface area contributed by atoms with Crippen LogP contribution in [-0.4, -0.2) is 19.3 Å². The van der Waals surface area contributed by atoms with Gasteiger partial charge in [0.25, 0.3) is 0 Å². The number of hydrogen-bond donors (Lipinski definition) is 0. The van der Waals surface area contributed by atoms with Crippen LogP contribution >= 0.6 is 0 Å². The van der Waals surface area contributed by atoms with Crippen LogP contribution in [0.5, 0.6) is 11.5 Å². The summed E-state index contributed by atoms with van der Waals surface area (Å²) in [5.74, 6) is 3.86. The molecule has 228 valence electrons. The molecule has 0 saturated heterocycles. The summed E-state index contributed by atoms with van der Waals surface area (Å²) in [6, 6.07) is 25.6. The van der Waals surface area contributed by atoms with Gasteiger partial charge in [0.1, 0.15) is 17.3 Å². The average molecular weight is 595 g/mol. The minimum absolute atomic E-state index is 0.338. The van der Waals surface area contributed by atoms with Crippen LogP contribution in [0.15, 0.2) is 90.6 Å². The van der Waals surface area contributed by atoms with Gasteiger partial charge in [0.15, 0.2) is 0 Å². The second-order valence-electron chi connectivity index (χ2n) is 13.2. The number of para-hydroxylation sites is 1. The molecule has 0 aliphatic heterocycles. The molecule has 2 atom stereocenters. The maximum absolute atomic E-state index is 6.69. The lowest BCUT2D eigenvalue weighted by molar-refractivity contribution is 0.447. The number of hydrogen-bond acceptors (Lipinski definition) is 3. The van der Waals surface area contributed by atoms with Crippen LogP contribution < -0.4 is 4.74 Å². The molecule has 1 aliphatic rings. The van der Waals surface area contributed by atoms with Crippen LogP contribution in [0.1, 0.15) is 80.5 Å². The van der Waals surface area contributed by atoms with Crippen molar-refractivity contribution in [3.05, 3.63) is 119 Å². The van der Waals surface area contributed by atoms with Crippen LogP contribution in [0.25, 0.3) is 33.3 Å². The van der Waals surface area contributed by atoms with Crippen molar-refractivity contribution in [2.24, 2.45) is 5.92 Å². The van der Waals surface area contributed by atoms with Gasteiger partial charge in [0, 0.05) is 46.3 Å². The zero-order valence-corrected chi connectivity index (χ0v) is 27.4. The molecule has 0 fully saturated rings. The number of ether oxygens (including phenoxy) is 1. The van der Waals surface area contributed by atoms with Gasteiger partial charge in [-0.1, -0.05) is 50.6 Å². The highest BCUT2D eigenvalue weighted by Crippen LogP contribution is 2.42. The quantitative estimate of drug-likeness (QED) is 0.180. The Hall–Kier alpha value is -4.64. The minimum Gasteiger partial charge on any atom is -0.457 e. The molecular weight excluding hydrogens is 552 g/mol. The zero-order valence-electron chi connectivity index (χ0n) is 27.4. The summed E-state index contributed by atoms with van der Waals surface area (Å²) in [6.45, 7) is 15.6. The topological polar surface area (TPSA) is 44.9 Å². The van der Waals surface area contributed by atoms with Gasteiger partial charge in [0.2, 0.25) is 0 Å². The molecule has 0 unspecified atom stereocenters. The van der Waals surface area contributed by atoms with Crippen molar-refractivity contribution in [2.75, 3.05) is 0 Å². The summed E-state index contributed by atoms with van der Waals surface area (Å²) in [7, 11) is 0. The standard InChI is InChI=1S/C40H42N4O/c1-24(2)30-20-31(44-29(7)40(28(6)42-44)39-26(4)11-10-12-27(39)5)22-33(21-30)45-32-15-16-35-34-13-8-9-14-36(34)43(37(35)23-32)38-19-25(3)17-18-41-38/h8-9,11,13-24,27,39H,10,12H2,1-7H3/t27-,39+/m0/s1. The van der Waals surface area contributed by atoms with Crippen LogP contribution in [0.3, 0.4) is 0 Å². The van der Waals surface area contributed by atoms with Gasteiger partial charge < -0.3 is 4.74 Å². The van der Waals surface area contributed by atoms with E-state index in [-0.39, 0.29) is 0 Å². The van der Waals surface area contributed by atoms with Crippen molar-refractivity contribution in [3.8, 4) is 23.0 Å². The van der Waals surface area contributed by atoms with E-state index in [0.29, 0.717) is 17.8 Å². The monoisotopic (exact) mass is 594 g/mol. The molecule has 3 aromatic heterocycles. The fraction of sp³-hybridized carbons (Fsp3) is 0.300. The highest BCUT2D eigenvalue weighted by molar-refractivity contribution is 6.09. The molecule has 0 amide bonds. The molecule has 3 aromatic carbocycles. The summed E-state index contributed by atoms with van der Waals surface area (Å²) in [5, 5.41) is 7.49. The van der Waals surface area contributed by atoms with Gasteiger partial charge in [-0.2, -0.15) is 5.10 Å². The van der Waals surface area contributed by atoms with Crippen molar-refractivity contribution >= 4 is 21.8 Å². The van der Waals surface area contributed by atoms with E-state index < -0.39 is 0 Å². The highest BCUT2D eigenvalue weighted by atomic mass is 16.5. The van der Waals surface area contributed by atoms with Crippen molar-refractivity contribution < 1.29 is 4.74 Å². The molecule has 45 heavy (non-hydrogen) atoms. The maximum Gasteiger partial charge on any atom is 0.137 e. The number of aryl methyl sites for hydroxylation is 2. The van der Waals surface area contributed by atoms with E-state index in [9.17, 15) is 0 Å². The van der Waals surface area contributed by atoms with E-state index in [1.54, 1.807) is 0 Å². The van der Waals surface area contributed by atoms with Crippen LogP contribution in [0.4, 0.5) is 0 Å². The third-order valence-electron chi connectivity index (χ3n) is 9.64. The number of pyridine rings is 1. The molecular formula is C40H42N4O. The second kappa shape index (κ2) is 11.4. The summed E-state index contributed by atoms with van der Waals surface area (Å²) in [5.41, 5.74) is 10.8. The largest absolute Gasteiger partial charge is 0.457 e. The number of aromatic nitrogens is 4. The Morgan fingerprint density at radius 1 is 0.844 bits per heavy atom. The summed E-state index contributed by atoms with van der Waals surface area (Å²) in [6.07, 6.45) is 6.68. The Balaban J connectivity index is 1.32. The Labute approximate surface area is 266 Å². The fourth-order valence-corrected chi connectivity index (χ4v) is 7.34. The molecule has 1 aliphatic carbocycles. The van der Waals surface area contributed by atoms with Gasteiger partial charge in [0.05, 0.1) is 22.4 Å². The third-order valence-corrected chi connectivity index (χ3v) is 9.64. The summed E-state index contributed by atoms with van der Waals surface area (Å²) >= 11 is 0. The van der Waals surface area contributed by atoms with Crippen molar-refractivity contribution in [1.29, 1.82) is 0 Å². The molecule has 0 N–H and O–H groups in total. The van der Waals surface area contributed by atoms with Gasteiger partial charge >= 0.3 is 0 Å². The van der Waals surface area contributed by atoms with E-state index in [1.165, 1.54) is 51.6 Å². The summed E-state index contributed by atoms with van der Waals surface area (Å²) < 4.78 is 11.1. The number of nitrogens with zero attached hydrogens (tertiary/aromatic N) is 4. The van der Waals surface area contributed by atoms with Crippen molar-refractivity contribution in [2.45, 2.75) is 73.1 Å². The smallest absolute Gasteiger partial charge is 0.137 e. The number of fused-ring (bicyclic) bond motifs is 3. The lowest BCUT2D eigenvalue weighted by Crippen LogP contribution is -2.16. The predicted octanol–water partition coefficient (Wildman–Crippen LogP) is 10.7. The Bertz CT molecular complexity index is 2090. The third kappa shape index (κ3) is 5.14. The van der Waals surface area contributed by atoms with Gasteiger partial charge in [-0.05, 0) is 106 Å². The fourth-order valence-electron chi connectivity index (χ4n) is 7.34. The minimum atomic E-state index is 0.338. The van der Waals surface area contributed by atoms with Gasteiger partial charge in [-0.25, -0.2) is 9.67 Å². The molecule has 5 heteroatoms. The molecule has 0 spiro atoms. The SMILES string of the molecule is CC1=CCC[C@H](C)[C@@H]1c1c(C)nn(-c2cc(Oc3ccc4c5ccccc5n(-c5cc(C)ccn5)c4c3)cc(C(C)C)c2)c1C. The molecule has 0 saturated carbocycles. The van der Waals surface area contributed by atoms with Gasteiger partial charge in [-0.3, -0.25) is 4.57 Å². The number of rotatable bonds is 6. The van der Waals surface area contributed by atoms with Crippen molar-refractivity contribution in [1.82, 2.24) is 19.3 Å². The Morgan fingerprint density at radius 3 is 2.42 bits per heavy atom. The van der Waals surface area contributed by atoms with Crippen molar-refractivity contribution in [3.63, 3.8) is 0 Å². The van der Waals surface area contributed by atoms with Crippen LogP contribution in [-0.2, 0) is 0 Å². The highest BCUT2D eigenvalue weighted by Gasteiger charge is 2.29. The Morgan fingerprint density at radius 2 is 1.64 bits per heavy atom. The van der Waals surface area contributed by atoms with Crippen LogP contribution in [0.2, 0.25) is 0 Å². The first-order valence-electron chi connectivity index (χ1n) is 16.2. The van der Waals surface area contributed by atoms with E-state index >= 15 is 0 Å². The number of benzene rings is 3. The lowest BCUT2D eigenvalue weighted by Gasteiger charge is -2.29. The zero-order chi connectivity index (χ0) is 31.4. The molecule has 3 heterocycles. The average Bonchev–Trinajstić information content (AvgIpc) is 3.50. The lowest BCUT2D eigenvalue weighted by atomic mass is 9.75. The number of allylic oxidation sites excluding steroid dienone is 2. The van der Waals surface area contributed by atoms with E-state index in [0.717, 1.165) is 39.7 Å². The first-order valence-corrected chi connectivity index (χ1v) is 16.2. The first kappa shape index (κ1) is 29.1. The molecule has 0 radical (unpaired) electrons.